The molecule has 0 saturated heterocycles. The molecule has 0 saturated carbocycles. The van der Waals surface area contributed by atoms with E-state index in [0.717, 1.165) is 16.6 Å². The summed E-state index contributed by atoms with van der Waals surface area (Å²) in [5.74, 6) is 0.932. The Hall–Kier alpha value is -2.73. The van der Waals surface area contributed by atoms with Gasteiger partial charge in [0.2, 0.25) is 5.95 Å². The third-order valence-corrected chi connectivity index (χ3v) is 3.16. The molecule has 0 aromatic carbocycles. The predicted octanol–water partition coefficient (Wildman–Crippen LogP) is 2.18. The van der Waals surface area contributed by atoms with Gasteiger partial charge in [0.15, 0.2) is 0 Å². The fourth-order valence-electron chi connectivity index (χ4n) is 2.12. The van der Waals surface area contributed by atoms with E-state index < -0.39 is 5.60 Å². The molecule has 6 nitrogen and oxygen atoms in total. The van der Waals surface area contributed by atoms with Crippen LogP contribution in [-0.2, 0) is 0 Å². The van der Waals surface area contributed by atoms with E-state index in [4.69, 9.17) is 5.73 Å². The highest BCUT2D eigenvalue weighted by atomic mass is 16.3. The molecule has 3 rings (SSSR count). The molecule has 3 aromatic heterocycles. The van der Waals surface area contributed by atoms with E-state index in [2.05, 4.69) is 15.0 Å². The first-order chi connectivity index (χ1) is 10.4. The van der Waals surface area contributed by atoms with Crippen LogP contribution in [0.4, 0.5) is 5.95 Å². The van der Waals surface area contributed by atoms with Gasteiger partial charge in [-0.3, -0.25) is 4.98 Å². The quantitative estimate of drug-likeness (QED) is 0.773. The number of fused-ring (bicyclic) bond motifs is 1. The number of hydrogen-bond acceptors (Lipinski definition) is 5. The molecule has 22 heavy (non-hydrogen) atoms. The molecule has 112 valence electrons. The molecule has 0 fully saturated rings. The maximum Gasteiger partial charge on any atom is 0.221 e. The molecule has 0 bridgehead atoms. The fraction of sp³-hybridized carbons (Fsp3) is 0.188. The van der Waals surface area contributed by atoms with Crippen molar-refractivity contribution < 1.29 is 5.11 Å². The second kappa shape index (κ2) is 5.23. The van der Waals surface area contributed by atoms with Gasteiger partial charge >= 0.3 is 0 Å². The average molecular weight is 295 g/mol. The standard InChI is InChI=1S/C16H17N5O/c1-16(2,22)6-3-12-9-13-11(10-19-12)5-8-21(13)14-4-7-18-15(17)20-14/h3-10,22H,1-2H3,(H2,17,18,20)/b6-3+. The van der Waals surface area contributed by atoms with Crippen LogP contribution < -0.4 is 5.73 Å². The van der Waals surface area contributed by atoms with E-state index in [0.29, 0.717) is 5.82 Å². The van der Waals surface area contributed by atoms with Crippen LogP contribution in [0.25, 0.3) is 22.8 Å². The molecule has 3 aromatic rings. The van der Waals surface area contributed by atoms with Crippen molar-refractivity contribution in [3.8, 4) is 5.82 Å². The summed E-state index contributed by atoms with van der Waals surface area (Å²) in [5, 5.41) is 10.8. The van der Waals surface area contributed by atoms with Gasteiger partial charge in [-0.15, -0.1) is 0 Å². The van der Waals surface area contributed by atoms with Crippen LogP contribution in [0, 0.1) is 0 Å². The van der Waals surface area contributed by atoms with Gasteiger partial charge in [-0.05, 0) is 38.1 Å². The minimum atomic E-state index is -0.875. The molecule has 0 atom stereocenters. The minimum absolute atomic E-state index is 0.232. The molecular weight excluding hydrogens is 278 g/mol. The van der Waals surface area contributed by atoms with Crippen molar-refractivity contribution in [1.29, 1.82) is 0 Å². The van der Waals surface area contributed by atoms with Crippen molar-refractivity contribution >= 4 is 22.9 Å². The highest BCUT2D eigenvalue weighted by molar-refractivity contribution is 5.82. The number of anilines is 1. The summed E-state index contributed by atoms with van der Waals surface area (Å²) >= 11 is 0. The lowest BCUT2D eigenvalue weighted by Crippen LogP contribution is -2.13. The average Bonchev–Trinajstić information content (AvgIpc) is 2.87. The SMILES string of the molecule is CC(C)(O)/C=C/c1cc2c(ccn2-c2ccnc(N)n2)cn1. The van der Waals surface area contributed by atoms with E-state index in [1.807, 2.05) is 22.9 Å². The number of aliphatic hydroxyl groups is 1. The molecule has 0 aliphatic rings. The Labute approximate surface area is 128 Å². The molecule has 0 unspecified atom stereocenters. The Balaban J connectivity index is 2.08. The lowest BCUT2D eigenvalue weighted by atomic mass is 10.1. The van der Waals surface area contributed by atoms with Gasteiger partial charge in [0.1, 0.15) is 5.82 Å². The summed E-state index contributed by atoms with van der Waals surface area (Å²) in [6.45, 7) is 3.43. The largest absolute Gasteiger partial charge is 0.386 e. The van der Waals surface area contributed by atoms with Crippen LogP contribution in [0.3, 0.4) is 0 Å². The molecule has 0 spiro atoms. The lowest BCUT2D eigenvalue weighted by molar-refractivity contribution is 0.134. The van der Waals surface area contributed by atoms with Crippen LogP contribution in [0.5, 0.6) is 0 Å². The monoisotopic (exact) mass is 295 g/mol. The van der Waals surface area contributed by atoms with Crippen molar-refractivity contribution in [2.75, 3.05) is 5.73 Å². The number of hydrogen-bond donors (Lipinski definition) is 2. The van der Waals surface area contributed by atoms with Gasteiger partial charge in [0.05, 0.1) is 16.8 Å². The van der Waals surface area contributed by atoms with Crippen molar-refractivity contribution in [1.82, 2.24) is 19.5 Å². The Morgan fingerprint density at radius 3 is 2.82 bits per heavy atom. The highest BCUT2D eigenvalue weighted by Crippen LogP contribution is 2.20. The van der Waals surface area contributed by atoms with Crippen molar-refractivity contribution in [2.45, 2.75) is 19.4 Å². The van der Waals surface area contributed by atoms with Crippen LogP contribution in [-0.4, -0.2) is 30.2 Å². The smallest absolute Gasteiger partial charge is 0.221 e. The second-order valence-electron chi connectivity index (χ2n) is 5.61. The van der Waals surface area contributed by atoms with Gasteiger partial charge in [-0.1, -0.05) is 6.08 Å². The number of nitrogens with zero attached hydrogens (tertiary/aromatic N) is 4. The first-order valence-corrected chi connectivity index (χ1v) is 6.90. The van der Waals surface area contributed by atoms with Gasteiger partial charge in [0.25, 0.3) is 0 Å². The fourth-order valence-corrected chi connectivity index (χ4v) is 2.12. The number of rotatable bonds is 3. The van der Waals surface area contributed by atoms with E-state index in [1.54, 1.807) is 44.5 Å². The summed E-state index contributed by atoms with van der Waals surface area (Å²) in [5.41, 5.74) is 6.49. The molecule has 0 amide bonds. The Kier molecular flexibility index (Phi) is 3.38. The van der Waals surface area contributed by atoms with Gasteiger partial charge in [-0.25, -0.2) is 4.98 Å². The van der Waals surface area contributed by atoms with E-state index in [9.17, 15) is 5.11 Å². The molecule has 3 heterocycles. The minimum Gasteiger partial charge on any atom is -0.386 e. The summed E-state index contributed by atoms with van der Waals surface area (Å²) in [7, 11) is 0. The summed E-state index contributed by atoms with van der Waals surface area (Å²) in [6.07, 6.45) is 8.83. The second-order valence-corrected chi connectivity index (χ2v) is 5.61. The third-order valence-electron chi connectivity index (χ3n) is 3.16. The molecule has 0 radical (unpaired) electrons. The molecule has 0 aliphatic carbocycles. The molecular formula is C16H17N5O. The zero-order chi connectivity index (χ0) is 15.7. The van der Waals surface area contributed by atoms with Crippen molar-refractivity contribution in [3.63, 3.8) is 0 Å². The highest BCUT2D eigenvalue weighted by Gasteiger charge is 2.08. The molecule has 3 N–H and O–H groups in total. The van der Waals surface area contributed by atoms with Crippen LogP contribution >= 0.6 is 0 Å². The van der Waals surface area contributed by atoms with Crippen LogP contribution in [0.15, 0.2) is 42.9 Å². The topological polar surface area (TPSA) is 89.8 Å². The first kappa shape index (κ1) is 14.2. The van der Waals surface area contributed by atoms with E-state index in [-0.39, 0.29) is 5.95 Å². The Morgan fingerprint density at radius 1 is 1.27 bits per heavy atom. The van der Waals surface area contributed by atoms with E-state index >= 15 is 0 Å². The Bertz CT molecular complexity index is 845. The van der Waals surface area contributed by atoms with Crippen LogP contribution in [0.1, 0.15) is 19.5 Å². The maximum atomic E-state index is 9.76. The summed E-state index contributed by atoms with van der Waals surface area (Å²) < 4.78 is 1.93. The third kappa shape index (κ3) is 2.96. The zero-order valence-electron chi connectivity index (χ0n) is 12.4. The van der Waals surface area contributed by atoms with Crippen molar-refractivity contribution in [2.24, 2.45) is 0 Å². The predicted molar refractivity (Wildman–Crippen MR) is 86.4 cm³/mol. The number of pyridine rings is 1. The van der Waals surface area contributed by atoms with Crippen LogP contribution in [0.2, 0.25) is 0 Å². The number of nitrogen functional groups attached to an aromatic ring is 1. The van der Waals surface area contributed by atoms with E-state index in [1.165, 1.54) is 0 Å². The lowest BCUT2D eigenvalue weighted by Gasteiger charge is -2.10. The summed E-state index contributed by atoms with van der Waals surface area (Å²) in [6, 6.07) is 5.70. The summed E-state index contributed by atoms with van der Waals surface area (Å²) in [4.78, 5) is 12.5. The maximum absolute atomic E-state index is 9.76. The normalized spacial score (nSPS) is 12.3. The first-order valence-electron chi connectivity index (χ1n) is 6.90. The van der Waals surface area contributed by atoms with Gasteiger partial charge in [-0.2, -0.15) is 4.98 Å². The van der Waals surface area contributed by atoms with Gasteiger partial charge in [0, 0.05) is 24.0 Å². The van der Waals surface area contributed by atoms with Gasteiger partial charge < -0.3 is 15.4 Å². The Morgan fingerprint density at radius 2 is 2.09 bits per heavy atom. The van der Waals surface area contributed by atoms with Crippen molar-refractivity contribution in [3.05, 3.63) is 48.6 Å². The number of aromatic nitrogens is 4. The molecule has 0 aliphatic heterocycles. The zero-order valence-corrected chi connectivity index (χ0v) is 12.4. The number of nitrogens with two attached hydrogens (primary N) is 1. The molecule has 6 heteroatoms.